The normalized spacial score (nSPS) is 19.8. The topological polar surface area (TPSA) is 46.8 Å². The third-order valence-corrected chi connectivity index (χ3v) is 3.11. The van der Waals surface area contributed by atoms with Crippen LogP contribution in [-0.4, -0.2) is 32.8 Å². The number of anilines is 1. The molecule has 0 radical (unpaired) electrons. The number of aryl methyl sites for hydroxylation is 1. The van der Waals surface area contributed by atoms with Gasteiger partial charge in [-0.2, -0.15) is 5.10 Å². The van der Waals surface area contributed by atoms with Crippen LogP contribution in [0.5, 0.6) is 0 Å². The van der Waals surface area contributed by atoms with Gasteiger partial charge in [-0.05, 0) is 25.0 Å². The predicted octanol–water partition coefficient (Wildman–Crippen LogP) is 1.43. The molecule has 0 spiro atoms. The molecular formula is C12H15N5. The van der Waals surface area contributed by atoms with Crippen molar-refractivity contribution < 1.29 is 0 Å². The number of hydrogen-bond acceptors (Lipinski definition) is 4. The largest absolute Gasteiger partial charge is 0.339 e. The van der Waals surface area contributed by atoms with Gasteiger partial charge in [0.05, 0.1) is 6.04 Å². The van der Waals surface area contributed by atoms with E-state index in [1.807, 2.05) is 42.5 Å². The number of nitrogens with zero attached hydrogens (tertiary/aromatic N) is 5. The van der Waals surface area contributed by atoms with Crippen molar-refractivity contribution in [1.82, 2.24) is 19.7 Å². The van der Waals surface area contributed by atoms with Crippen molar-refractivity contribution >= 4 is 5.95 Å². The average molecular weight is 229 g/mol. The maximum absolute atomic E-state index is 4.36. The van der Waals surface area contributed by atoms with Crippen LogP contribution >= 0.6 is 0 Å². The van der Waals surface area contributed by atoms with Crippen LogP contribution in [0.1, 0.15) is 18.0 Å². The molecule has 1 aliphatic rings. The first-order valence-electron chi connectivity index (χ1n) is 5.85. The smallest absolute Gasteiger partial charge is 0.225 e. The summed E-state index contributed by atoms with van der Waals surface area (Å²) in [6.07, 6.45) is 8.67. The van der Waals surface area contributed by atoms with Crippen LogP contribution < -0.4 is 4.90 Å². The second-order valence-electron chi connectivity index (χ2n) is 4.44. The van der Waals surface area contributed by atoms with Crippen LogP contribution in [0.3, 0.4) is 0 Å². The maximum Gasteiger partial charge on any atom is 0.225 e. The molecule has 0 aromatic carbocycles. The van der Waals surface area contributed by atoms with E-state index >= 15 is 0 Å². The first kappa shape index (κ1) is 10.3. The molecule has 1 aliphatic heterocycles. The van der Waals surface area contributed by atoms with Crippen LogP contribution in [-0.2, 0) is 0 Å². The molecule has 5 heteroatoms. The summed E-state index contributed by atoms with van der Waals surface area (Å²) in [6, 6.07) is 2.40. The lowest BCUT2D eigenvalue weighted by molar-refractivity contribution is 0.494. The van der Waals surface area contributed by atoms with Gasteiger partial charge in [-0.15, -0.1) is 0 Å². The Morgan fingerprint density at radius 2 is 2.12 bits per heavy atom. The summed E-state index contributed by atoms with van der Waals surface area (Å²) in [7, 11) is 0. The third-order valence-electron chi connectivity index (χ3n) is 3.11. The Morgan fingerprint density at radius 3 is 2.82 bits per heavy atom. The van der Waals surface area contributed by atoms with E-state index in [-0.39, 0.29) is 0 Å². The first-order chi connectivity index (χ1) is 8.33. The lowest BCUT2D eigenvalue weighted by Crippen LogP contribution is -2.23. The molecule has 1 atom stereocenters. The van der Waals surface area contributed by atoms with E-state index in [9.17, 15) is 0 Å². The van der Waals surface area contributed by atoms with Crippen molar-refractivity contribution in [2.45, 2.75) is 19.4 Å². The summed E-state index contributed by atoms with van der Waals surface area (Å²) in [6.45, 7) is 3.93. The highest BCUT2D eigenvalue weighted by Gasteiger charge is 2.25. The molecule has 5 nitrogen and oxygen atoms in total. The highest BCUT2D eigenvalue weighted by Crippen LogP contribution is 2.23. The van der Waals surface area contributed by atoms with Crippen LogP contribution in [0, 0.1) is 6.92 Å². The SMILES string of the molecule is Cc1cnc(N2CCC(n3cccn3)C2)nc1. The zero-order valence-electron chi connectivity index (χ0n) is 9.82. The standard InChI is InChI=1S/C12H15N5/c1-10-7-13-12(14-8-10)16-6-3-11(9-16)17-5-2-4-15-17/h2,4-5,7-8,11H,3,6,9H2,1H3. The molecule has 0 saturated carbocycles. The minimum absolute atomic E-state index is 0.440. The lowest BCUT2D eigenvalue weighted by Gasteiger charge is -2.16. The molecule has 2 aromatic rings. The van der Waals surface area contributed by atoms with Gasteiger partial charge in [0.1, 0.15) is 0 Å². The molecule has 0 bridgehead atoms. The molecular weight excluding hydrogens is 214 g/mol. The van der Waals surface area contributed by atoms with Crippen molar-refractivity contribution in [3.8, 4) is 0 Å². The maximum atomic E-state index is 4.36. The number of hydrogen-bond donors (Lipinski definition) is 0. The van der Waals surface area contributed by atoms with Crippen LogP contribution in [0.15, 0.2) is 30.9 Å². The average Bonchev–Trinajstić information content (AvgIpc) is 3.00. The van der Waals surface area contributed by atoms with Gasteiger partial charge in [-0.3, -0.25) is 4.68 Å². The Kier molecular flexibility index (Phi) is 2.51. The van der Waals surface area contributed by atoms with E-state index in [4.69, 9.17) is 0 Å². The van der Waals surface area contributed by atoms with Crippen molar-refractivity contribution in [2.24, 2.45) is 0 Å². The fraction of sp³-hybridized carbons (Fsp3) is 0.417. The van der Waals surface area contributed by atoms with Gasteiger partial charge in [-0.1, -0.05) is 0 Å². The summed E-state index contributed by atoms with van der Waals surface area (Å²) >= 11 is 0. The molecule has 0 amide bonds. The van der Waals surface area contributed by atoms with Crippen LogP contribution in [0.25, 0.3) is 0 Å². The molecule has 1 unspecified atom stereocenters. The van der Waals surface area contributed by atoms with E-state index in [1.54, 1.807) is 0 Å². The van der Waals surface area contributed by atoms with E-state index in [1.165, 1.54) is 0 Å². The lowest BCUT2D eigenvalue weighted by atomic mass is 10.3. The third kappa shape index (κ3) is 2.00. The van der Waals surface area contributed by atoms with Gasteiger partial charge in [0, 0.05) is 37.9 Å². The van der Waals surface area contributed by atoms with E-state index < -0.39 is 0 Å². The summed E-state index contributed by atoms with van der Waals surface area (Å²) < 4.78 is 2.02. The van der Waals surface area contributed by atoms with E-state index in [2.05, 4.69) is 20.0 Å². The Labute approximate surface area is 100 Å². The van der Waals surface area contributed by atoms with Crippen LogP contribution in [0.2, 0.25) is 0 Å². The molecule has 88 valence electrons. The molecule has 0 aliphatic carbocycles. The Morgan fingerprint density at radius 1 is 1.29 bits per heavy atom. The predicted molar refractivity (Wildman–Crippen MR) is 64.9 cm³/mol. The zero-order chi connectivity index (χ0) is 11.7. The van der Waals surface area contributed by atoms with Gasteiger partial charge in [0.15, 0.2) is 0 Å². The van der Waals surface area contributed by atoms with E-state index in [0.717, 1.165) is 31.0 Å². The summed E-state index contributed by atoms with van der Waals surface area (Å²) in [4.78, 5) is 10.9. The molecule has 0 N–H and O–H groups in total. The van der Waals surface area contributed by atoms with Crippen molar-refractivity contribution in [3.05, 3.63) is 36.4 Å². The number of aromatic nitrogens is 4. The Bertz CT molecular complexity index is 476. The minimum Gasteiger partial charge on any atom is -0.339 e. The molecule has 1 saturated heterocycles. The van der Waals surface area contributed by atoms with E-state index in [0.29, 0.717) is 6.04 Å². The van der Waals surface area contributed by atoms with Gasteiger partial charge >= 0.3 is 0 Å². The molecule has 17 heavy (non-hydrogen) atoms. The molecule has 3 heterocycles. The molecule has 3 rings (SSSR count). The monoisotopic (exact) mass is 229 g/mol. The number of rotatable bonds is 2. The summed E-state index contributed by atoms with van der Waals surface area (Å²) in [5.74, 6) is 0.824. The van der Waals surface area contributed by atoms with Crippen molar-refractivity contribution in [3.63, 3.8) is 0 Å². The second-order valence-corrected chi connectivity index (χ2v) is 4.44. The van der Waals surface area contributed by atoms with Gasteiger partial charge in [0.2, 0.25) is 5.95 Å². The molecule has 2 aromatic heterocycles. The molecule has 1 fully saturated rings. The Hall–Kier alpha value is -1.91. The Balaban J connectivity index is 1.74. The van der Waals surface area contributed by atoms with Crippen molar-refractivity contribution in [2.75, 3.05) is 18.0 Å². The first-order valence-corrected chi connectivity index (χ1v) is 5.85. The highest BCUT2D eigenvalue weighted by molar-refractivity contribution is 5.31. The summed E-state index contributed by atoms with van der Waals surface area (Å²) in [5.41, 5.74) is 1.09. The fourth-order valence-corrected chi connectivity index (χ4v) is 2.19. The van der Waals surface area contributed by atoms with Gasteiger partial charge in [0.25, 0.3) is 0 Å². The highest BCUT2D eigenvalue weighted by atomic mass is 15.3. The van der Waals surface area contributed by atoms with Gasteiger partial charge < -0.3 is 4.90 Å². The van der Waals surface area contributed by atoms with Crippen molar-refractivity contribution in [1.29, 1.82) is 0 Å². The van der Waals surface area contributed by atoms with Crippen LogP contribution in [0.4, 0.5) is 5.95 Å². The fourth-order valence-electron chi connectivity index (χ4n) is 2.19. The van der Waals surface area contributed by atoms with Gasteiger partial charge in [-0.25, -0.2) is 9.97 Å². The summed E-state index contributed by atoms with van der Waals surface area (Å²) in [5, 5.41) is 4.29. The zero-order valence-corrected chi connectivity index (χ0v) is 9.82. The quantitative estimate of drug-likeness (QED) is 0.781. The minimum atomic E-state index is 0.440. The second kappa shape index (κ2) is 4.16.